The number of nitrogens with one attached hydrogen (secondary N) is 1. The molecule has 4 rings (SSSR count). The first-order chi connectivity index (χ1) is 20.2. The van der Waals surface area contributed by atoms with Gasteiger partial charge in [0, 0.05) is 18.5 Å². The molecule has 0 aliphatic rings. The van der Waals surface area contributed by atoms with E-state index < -0.39 is 23.7 Å². The standard InChI is InChI=1S/C34H37FN2O5/c1-6-37(7-2)20-23-17-18-29(41-4)31(32(23)42-5)26-15-10-13-24-22(12-9-14-25(24)26)19-28(34(39)40)36-33(38)30-21(3)11-8-16-27(30)35/h8-18,28H,6-7,19-20H2,1-5H3,(H,36,38)(H,39,40)/t28-/m0/s1. The van der Waals surface area contributed by atoms with E-state index in [4.69, 9.17) is 9.47 Å². The normalized spacial score (nSPS) is 11.9. The van der Waals surface area contributed by atoms with Gasteiger partial charge in [0.05, 0.1) is 25.3 Å². The van der Waals surface area contributed by atoms with Crippen molar-refractivity contribution in [2.24, 2.45) is 0 Å². The Kier molecular flexibility index (Phi) is 9.80. The van der Waals surface area contributed by atoms with Crippen LogP contribution in [0.2, 0.25) is 0 Å². The van der Waals surface area contributed by atoms with Crippen LogP contribution in [-0.2, 0) is 17.8 Å². The third-order valence-corrected chi connectivity index (χ3v) is 7.67. The second-order valence-electron chi connectivity index (χ2n) is 10.1. The highest BCUT2D eigenvalue weighted by Crippen LogP contribution is 2.44. The highest BCUT2D eigenvalue weighted by Gasteiger charge is 2.25. The number of fused-ring (bicyclic) bond motifs is 1. The second-order valence-corrected chi connectivity index (χ2v) is 10.1. The molecule has 0 aromatic heterocycles. The van der Waals surface area contributed by atoms with Gasteiger partial charge in [0.15, 0.2) is 0 Å². The quantitative estimate of drug-likeness (QED) is 0.209. The molecule has 0 aliphatic heterocycles. The van der Waals surface area contributed by atoms with Crippen LogP contribution in [0.25, 0.3) is 21.9 Å². The summed E-state index contributed by atoms with van der Waals surface area (Å²) in [6.07, 6.45) is 0.00559. The van der Waals surface area contributed by atoms with E-state index in [-0.39, 0.29) is 12.0 Å². The van der Waals surface area contributed by atoms with E-state index in [0.717, 1.165) is 51.9 Å². The average molecular weight is 573 g/mol. The molecular weight excluding hydrogens is 535 g/mol. The predicted molar refractivity (Wildman–Crippen MR) is 163 cm³/mol. The average Bonchev–Trinajstić information content (AvgIpc) is 2.98. The number of halogens is 1. The molecule has 0 radical (unpaired) electrons. The molecule has 0 saturated heterocycles. The smallest absolute Gasteiger partial charge is 0.326 e. The lowest BCUT2D eigenvalue weighted by molar-refractivity contribution is -0.139. The van der Waals surface area contributed by atoms with Gasteiger partial charge >= 0.3 is 5.97 Å². The molecule has 0 bridgehead atoms. The van der Waals surface area contributed by atoms with Crippen LogP contribution in [0.4, 0.5) is 4.39 Å². The first-order valence-electron chi connectivity index (χ1n) is 14.0. The summed E-state index contributed by atoms with van der Waals surface area (Å²) in [6.45, 7) is 8.37. The lowest BCUT2D eigenvalue weighted by Crippen LogP contribution is -2.42. The number of amides is 1. The minimum absolute atomic E-state index is 0.00559. The Morgan fingerprint density at radius 3 is 2.24 bits per heavy atom. The number of nitrogens with zero attached hydrogens (tertiary/aromatic N) is 1. The highest BCUT2D eigenvalue weighted by atomic mass is 19.1. The number of aliphatic carboxylic acids is 1. The van der Waals surface area contributed by atoms with Crippen molar-refractivity contribution in [3.63, 3.8) is 0 Å². The Morgan fingerprint density at radius 1 is 0.905 bits per heavy atom. The minimum atomic E-state index is -1.27. The van der Waals surface area contributed by atoms with Crippen LogP contribution in [-0.4, -0.2) is 55.2 Å². The maximum atomic E-state index is 14.4. The number of ether oxygens (including phenoxy) is 2. The Bertz CT molecular complexity index is 1580. The summed E-state index contributed by atoms with van der Waals surface area (Å²) in [5.74, 6) is -1.30. The van der Waals surface area contributed by atoms with Crippen molar-refractivity contribution in [2.45, 2.75) is 39.8 Å². The number of hydrogen-bond acceptors (Lipinski definition) is 5. The molecule has 8 heteroatoms. The Balaban J connectivity index is 1.78. The van der Waals surface area contributed by atoms with E-state index in [1.54, 1.807) is 27.2 Å². The zero-order valence-corrected chi connectivity index (χ0v) is 24.7. The van der Waals surface area contributed by atoms with E-state index in [2.05, 4.69) is 24.1 Å². The number of aryl methyl sites for hydroxylation is 1. The van der Waals surface area contributed by atoms with Gasteiger partial charge < -0.3 is 19.9 Å². The molecule has 0 saturated carbocycles. The largest absolute Gasteiger partial charge is 0.496 e. The van der Waals surface area contributed by atoms with Gasteiger partial charge in [-0.1, -0.05) is 68.4 Å². The Hall–Kier alpha value is -4.43. The number of hydrogen-bond donors (Lipinski definition) is 2. The molecule has 4 aromatic rings. The molecule has 2 N–H and O–H groups in total. The number of methoxy groups -OCH3 is 2. The fraction of sp³-hybridized carbons (Fsp3) is 0.294. The summed E-state index contributed by atoms with van der Waals surface area (Å²) in [5, 5.41) is 14.2. The van der Waals surface area contributed by atoms with Gasteiger partial charge in [0.2, 0.25) is 0 Å². The molecule has 0 spiro atoms. The van der Waals surface area contributed by atoms with E-state index >= 15 is 0 Å². The summed E-state index contributed by atoms with van der Waals surface area (Å²) in [6, 6.07) is 18.5. The number of carbonyl (C=O) groups is 2. The third kappa shape index (κ3) is 6.24. The van der Waals surface area contributed by atoms with E-state index in [1.807, 2.05) is 48.5 Å². The molecule has 1 amide bonds. The number of rotatable bonds is 12. The molecule has 0 fully saturated rings. The maximum Gasteiger partial charge on any atom is 0.326 e. The van der Waals surface area contributed by atoms with Gasteiger partial charge in [-0.2, -0.15) is 0 Å². The fourth-order valence-corrected chi connectivity index (χ4v) is 5.42. The third-order valence-electron chi connectivity index (χ3n) is 7.67. The number of carbonyl (C=O) groups excluding carboxylic acids is 1. The van der Waals surface area contributed by atoms with Gasteiger partial charge in [-0.15, -0.1) is 0 Å². The van der Waals surface area contributed by atoms with Crippen molar-refractivity contribution >= 4 is 22.6 Å². The monoisotopic (exact) mass is 572 g/mol. The highest BCUT2D eigenvalue weighted by molar-refractivity contribution is 6.02. The molecular formula is C34H37FN2O5. The molecule has 0 aliphatic carbocycles. The molecule has 0 heterocycles. The molecule has 42 heavy (non-hydrogen) atoms. The van der Waals surface area contributed by atoms with Crippen molar-refractivity contribution in [1.29, 1.82) is 0 Å². The van der Waals surface area contributed by atoms with Gasteiger partial charge in [0.1, 0.15) is 23.4 Å². The summed E-state index contributed by atoms with van der Waals surface area (Å²) >= 11 is 0. The summed E-state index contributed by atoms with van der Waals surface area (Å²) in [5.41, 5.74) is 3.71. The van der Waals surface area contributed by atoms with Crippen molar-refractivity contribution in [1.82, 2.24) is 10.2 Å². The summed E-state index contributed by atoms with van der Waals surface area (Å²) < 4.78 is 26.2. The van der Waals surface area contributed by atoms with Crippen LogP contribution in [0.15, 0.2) is 66.7 Å². The molecule has 4 aromatic carbocycles. The summed E-state index contributed by atoms with van der Waals surface area (Å²) in [4.78, 5) is 27.5. The van der Waals surface area contributed by atoms with Gasteiger partial charge in [0.25, 0.3) is 5.91 Å². The molecule has 220 valence electrons. The lowest BCUT2D eigenvalue weighted by atomic mass is 9.91. The van der Waals surface area contributed by atoms with Crippen molar-refractivity contribution in [2.75, 3.05) is 27.3 Å². The van der Waals surface area contributed by atoms with Crippen LogP contribution in [0.5, 0.6) is 11.5 Å². The van der Waals surface area contributed by atoms with Crippen molar-refractivity contribution in [3.05, 3.63) is 94.8 Å². The van der Waals surface area contributed by atoms with E-state index in [0.29, 0.717) is 17.9 Å². The molecule has 1 atom stereocenters. The van der Waals surface area contributed by atoms with Crippen LogP contribution in [0.1, 0.15) is 40.9 Å². The number of carboxylic acid groups (broad SMARTS) is 1. The fourth-order valence-electron chi connectivity index (χ4n) is 5.42. The molecule has 7 nitrogen and oxygen atoms in total. The van der Waals surface area contributed by atoms with Gasteiger partial charge in [-0.05, 0) is 59.6 Å². The number of benzene rings is 4. The SMILES string of the molecule is CCN(CC)Cc1ccc(OC)c(-c2cccc3c(C[C@H](NC(=O)c4c(C)cccc4F)C(=O)O)cccc23)c1OC. The number of carboxylic acids is 1. The maximum absolute atomic E-state index is 14.4. The van der Waals surface area contributed by atoms with Crippen molar-refractivity contribution < 1.29 is 28.6 Å². The van der Waals surface area contributed by atoms with Crippen LogP contribution >= 0.6 is 0 Å². The Labute approximate surface area is 245 Å². The van der Waals surface area contributed by atoms with Gasteiger partial charge in [-0.3, -0.25) is 9.69 Å². The Morgan fingerprint density at radius 2 is 1.60 bits per heavy atom. The first kappa shape index (κ1) is 30.5. The zero-order chi connectivity index (χ0) is 30.4. The minimum Gasteiger partial charge on any atom is -0.496 e. The van der Waals surface area contributed by atoms with E-state index in [1.165, 1.54) is 12.1 Å². The van der Waals surface area contributed by atoms with Crippen molar-refractivity contribution in [3.8, 4) is 22.6 Å². The zero-order valence-electron chi connectivity index (χ0n) is 24.7. The summed E-state index contributed by atoms with van der Waals surface area (Å²) in [7, 11) is 3.27. The molecule has 0 unspecified atom stereocenters. The lowest BCUT2D eigenvalue weighted by Gasteiger charge is -2.23. The first-order valence-corrected chi connectivity index (χ1v) is 14.0. The predicted octanol–water partition coefficient (Wildman–Crippen LogP) is 6.24. The van der Waals surface area contributed by atoms with Gasteiger partial charge in [-0.25, -0.2) is 9.18 Å². The van der Waals surface area contributed by atoms with Crippen LogP contribution in [0.3, 0.4) is 0 Å². The second kappa shape index (κ2) is 13.5. The van der Waals surface area contributed by atoms with E-state index in [9.17, 15) is 19.1 Å². The van der Waals surface area contributed by atoms with Crippen LogP contribution < -0.4 is 14.8 Å². The van der Waals surface area contributed by atoms with Crippen LogP contribution in [0, 0.1) is 12.7 Å². The topological polar surface area (TPSA) is 88.1 Å².